The maximum atomic E-state index is 12.3. The van der Waals surface area contributed by atoms with E-state index in [1.54, 1.807) is 6.92 Å². The molecule has 1 saturated heterocycles. The van der Waals surface area contributed by atoms with Crippen molar-refractivity contribution in [2.24, 2.45) is 5.41 Å². The predicted molar refractivity (Wildman–Crippen MR) is 84.5 cm³/mol. The van der Waals surface area contributed by atoms with Gasteiger partial charge < -0.3 is 24.8 Å². The van der Waals surface area contributed by atoms with Gasteiger partial charge in [-0.25, -0.2) is 0 Å². The molecule has 128 valence electrons. The quantitative estimate of drug-likeness (QED) is 0.583. The van der Waals surface area contributed by atoms with Crippen LogP contribution in [0.25, 0.3) is 0 Å². The standard InChI is InChI=1S/C14H26N2O5S/c1-13(2)9-20-14(3,19-4)21-11(13)12(18)16-6-5-10(17)15-7-8-22/h11,22H,5-9H2,1-4H3,(H,15,17)(H,16,18)/t11-,14?/m0/s1. The molecule has 2 atom stereocenters. The van der Waals surface area contributed by atoms with Crippen molar-refractivity contribution in [3.05, 3.63) is 0 Å². The van der Waals surface area contributed by atoms with E-state index >= 15 is 0 Å². The fraction of sp³-hybridized carbons (Fsp3) is 0.857. The van der Waals surface area contributed by atoms with E-state index in [1.165, 1.54) is 7.11 Å². The molecule has 0 aromatic carbocycles. The van der Waals surface area contributed by atoms with Crippen LogP contribution in [0.5, 0.6) is 0 Å². The molecule has 1 rings (SSSR count). The highest BCUT2D eigenvalue weighted by atomic mass is 32.1. The summed E-state index contributed by atoms with van der Waals surface area (Å²) < 4.78 is 16.3. The Hall–Kier alpha value is -0.830. The van der Waals surface area contributed by atoms with E-state index < -0.39 is 17.5 Å². The first-order valence-electron chi connectivity index (χ1n) is 7.26. The van der Waals surface area contributed by atoms with Crippen LogP contribution in [0, 0.1) is 5.41 Å². The third kappa shape index (κ3) is 5.42. The van der Waals surface area contributed by atoms with E-state index in [0.717, 1.165) is 0 Å². The van der Waals surface area contributed by atoms with Crippen molar-refractivity contribution in [2.75, 3.05) is 32.6 Å². The smallest absolute Gasteiger partial charge is 0.280 e. The SMILES string of the molecule is COC1(C)OCC(C)(C)[C@H](C(=O)NCCC(=O)NCCS)O1. The van der Waals surface area contributed by atoms with Crippen LogP contribution in [0.2, 0.25) is 0 Å². The average molecular weight is 334 g/mol. The number of rotatable bonds is 7. The van der Waals surface area contributed by atoms with E-state index in [1.807, 2.05) is 13.8 Å². The van der Waals surface area contributed by atoms with Crippen molar-refractivity contribution in [1.29, 1.82) is 0 Å². The molecular formula is C14H26N2O5S. The third-order valence-corrected chi connectivity index (χ3v) is 3.67. The Morgan fingerprint density at radius 1 is 1.27 bits per heavy atom. The molecule has 0 aromatic heterocycles. The molecule has 22 heavy (non-hydrogen) atoms. The van der Waals surface area contributed by atoms with Gasteiger partial charge in [-0.05, 0) is 0 Å². The van der Waals surface area contributed by atoms with E-state index in [9.17, 15) is 9.59 Å². The van der Waals surface area contributed by atoms with Crippen LogP contribution in [0.3, 0.4) is 0 Å². The highest BCUT2D eigenvalue weighted by Crippen LogP contribution is 2.35. The van der Waals surface area contributed by atoms with Crippen molar-refractivity contribution in [2.45, 2.75) is 39.3 Å². The molecule has 0 radical (unpaired) electrons. The zero-order chi connectivity index (χ0) is 16.8. The van der Waals surface area contributed by atoms with Crippen LogP contribution in [0.4, 0.5) is 0 Å². The van der Waals surface area contributed by atoms with Crippen molar-refractivity contribution in [1.82, 2.24) is 10.6 Å². The Morgan fingerprint density at radius 3 is 2.55 bits per heavy atom. The Bertz CT molecular complexity index is 405. The number of amides is 2. The van der Waals surface area contributed by atoms with E-state index in [0.29, 0.717) is 18.9 Å². The molecule has 2 amide bonds. The van der Waals surface area contributed by atoms with Crippen LogP contribution in [0.15, 0.2) is 0 Å². The number of hydrogen-bond donors (Lipinski definition) is 3. The minimum absolute atomic E-state index is 0.122. The van der Waals surface area contributed by atoms with Gasteiger partial charge in [0.1, 0.15) is 6.10 Å². The summed E-state index contributed by atoms with van der Waals surface area (Å²) in [4.78, 5) is 23.8. The van der Waals surface area contributed by atoms with E-state index in [-0.39, 0.29) is 24.8 Å². The Balaban J connectivity index is 2.50. The van der Waals surface area contributed by atoms with Gasteiger partial charge >= 0.3 is 0 Å². The van der Waals surface area contributed by atoms with E-state index in [2.05, 4.69) is 23.3 Å². The molecule has 2 N–H and O–H groups in total. The van der Waals surface area contributed by atoms with Gasteiger partial charge in [0.2, 0.25) is 11.8 Å². The van der Waals surface area contributed by atoms with E-state index in [4.69, 9.17) is 14.2 Å². The summed E-state index contributed by atoms with van der Waals surface area (Å²) >= 11 is 4.01. The second-order valence-corrected chi connectivity index (χ2v) is 6.40. The Kier molecular flexibility index (Phi) is 7.11. The van der Waals surface area contributed by atoms with Crippen LogP contribution < -0.4 is 10.6 Å². The number of carbonyl (C=O) groups excluding carboxylic acids is 2. The molecule has 1 unspecified atom stereocenters. The number of ether oxygens (including phenoxy) is 3. The number of hydrogen-bond acceptors (Lipinski definition) is 6. The van der Waals surface area contributed by atoms with Crippen molar-refractivity contribution in [3.63, 3.8) is 0 Å². The molecule has 1 aliphatic rings. The topological polar surface area (TPSA) is 85.9 Å². The van der Waals surface area contributed by atoms with Crippen LogP contribution in [-0.4, -0.2) is 56.5 Å². The zero-order valence-corrected chi connectivity index (χ0v) is 14.5. The molecule has 0 bridgehead atoms. The Morgan fingerprint density at radius 2 is 1.95 bits per heavy atom. The molecule has 0 saturated carbocycles. The lowest BCUT2D eigenvalue weighted by Crippen LogP contribution is -2.58. The Labute approximate surface area is 136 Å². The molecule has 0 aliphatic carbocycles. The van der Waals surface area contributed by atoms with Gasteiger partial charge in [0.05, 0.1) is 6.61 Å². The normalized spacial score (nSPS) is 27.2. The first kappa shape index (κ1) is 19.2. The largest absolute Gasteiger partial charge is 0.355 e. The molecule has 7 nitrogen and oxygen atoms in total. The monoisotopic (exact) mass is 334 g/mol. The van der Waals surface area contributed by atoms with Gasteiger partial charge in [-0.3, -0.25) is 9.59 Å². The maximum absolute atomic E-state index is 12.3. The highest BCUT2D eigenvalue weighted by Gasteiger charge is 2.48. The molecule has 0 spiro atoms. The lowest BCUT2D eigenvalue weighted by molar-refractivity contribution is -0.413. The van der Waals surface area contributed by atoms with Gasteiger partial charge in [0.25, 0.3) is 5.97 Å². The number of nitrogens with one attached hydrogen (secondary N) is 2. The minimum Gasteiger partial charge on any atom is -0.355 e. The molecule has 0 aromatic rings. The van der Waals surface area contributed by atoms with Crippen molar-refractivity contribution < 1.29 is 23.8 Å². The summed E-state index contributed by atoms with van der Waals surface area (Å²) in [6.07, 6.45) is -0.503. The lowest BCUT2D eigenvalue weighted by atomic mass is 9.86. The summed E-state index contributed by atoms with van der Waals surface area (Å²) in [5.41, 5.74) is -0.490. The van der Waals surface area contributed by atoms with Gasteiger partial charge in [-0.2, -0.15) is 12.6 Å². The second kappa shape index (κ2) is 8.14. The summed E-state index contributed by atoms with van der Waals surface area (Å²) in [5.74, 6) is -1.05. The van der Waals surface area contributed by atoms with Gasteiger partial charge in [0, 0.05) is 44.7 Å². The fourth-order valence-corrected chi connectivity index (χ4v) is 2.10. The van der Waals surface area contributed by atoms with Gasteiger partial charge in [-0.15, -0.1) is 0 Å². The molecule has 1 heterocycles. The second-order valence-electron chi connectivity index (χ2n) is 5.96. The van der Waals surface area contributed by atoms with Crippen molar-refractivity contribution >= 4 is 24.4 Å². The fourth-order valence-electron chi connectivity index (χ4n) is 1.99. The van der Waals surface area contributed by atoms with Gasteiger partial charge in [0.15, 0.2) is 0 Å². The summed E-state index contributed by atoms with van der Waals surface area (Å²) in [5, 5.41) is 5.41. The highest BCUT2D eigenvalue weighted by molar-refractivity contribution is 7.80. The average Bonchev–Trinajstić information content (AvgIpc) is 2.47. The molecule has 8 heteroatoms. The molecule has 1 fully saturated rings. The molecular weight excluding hydrogens is 308 g/mol. The van der Waals surface area contributed by atoms with Crippen LogP contribution in [-0.2, 0) is 23.8 Å². The summed E-state index contributed by atoms with van der Waals surface area (Å²) in [6, 6.07) is 0. The summed E-state index contributed by atoms with van der Waals surface area (Å²) in [7, 11) is 1.46. The number of carbonyl (C=O) groups is 2. The lowest BCUT2D eigenvalue weighted by Gasteiger charge is -2.44. The maximum Gasteiger partial charge on any atom is 0.280 e. The van der Waals surface area contributed by atoms with Crippen LogP contribution >= 0.6 is 12.6 Å². The first-order chi connectivity index (χ1) is 10.2. The third-order valence-electron chi connectivity index (χ3n) is 3.44. The summed E-state index contributed by atoms with van der Waals surface area (Å²) in [6.45, 7) is 6.47. The van der Waals surface area contributed by atoms with Gasteiger partial charge in [-0.1, -0.05) is 13.8 Å². The predicted octanol–water partition coefficient (Wildman–Crippen LogP) is 0.300. The first-order valence-corrected chi connectivity index (χ1v) is 7.89. The zero-order valence-electron chi connectivity index (χ0n) is 13.6. The van der Waals surface area contributed by atoms with Crippen molar-refractivity contribution in [3.8, 4) is 0 Å². The number of thiol groups is 1. The molecule has 1 aliphatic heterocycles. The van der Waals surface area contributed by atoms with Crippen LogP contribution in [0.1, 0.15) is 27.2 Å². The minimum atomic E-state index is -1.23. The number of methoxy groups -OCH3 is 1.